The van der Waals surface area contributed by atoms with Crippen LogP contribution in [0, 0.1) is 0 Å². The van der Waals surface area contributed by atoms with Crippen LogP contribution in [-0.4, -0.2) is 11.6 Å². The zero-order chi connectivity index (χ0) is 8.10. The van der Waals surface area contributed by atoms with Crippen LogP contribution in [0.4, 0.5) is 0 Å². The highest BCUT2D eigenvalue weighted by Crippen LogP contribution is 2.20. The minimum absolute atomic E-state index is 0.489. The summed E-state index contributed by atoms with van der Waals surface area (Å²) in [5.74, 6) is 0. The maximum atomic E-state index is 5.57. The van der Waals surface area contributed by atoms with Crippen molar-refractivity contribution in [1.29, 1.82) is 0 Å². The zero-order valence-electron chi connectivity index (χ0n) is 5.92. The van der Waals surface area contributed by atoms with Gasteiger partial charge in [0.05, 0.1) is 6.61 Å². The molecule has 0 aliphatic carbocycles. The van der Waals surface area contributed by atoms with E-state index in [2.05, 4.69) is 11.6 Å². The third-order valence-corrected chi connectivity index (χ3v) is 2.08. The Morgan fingerprint density at radius 1 is 1.82 bits per heavy atom. The van der Waals surface area contributed by atoms with Gasteiger partial charge in [0.2, 0.25) is 0 Å². The van der Waals surface area contributed by atoms with E-state index in [0.29, 0.717) is 17.0 Å². The molecule has 1 aromatic rings. The Kier molecular flexibility index (Phi) is 3.39. The van der Waals surface area contributed by atoms with Gasteiger partial charge in [0.15, 0.2) is 0 Å². The SMILES string of the molecule is C=CCCOc1nc(Cl)cs1. The average molecular weight is 190 g/mol. The molecule has 0 saturated heterocycles. The van der Waals surface area contributed by atoms with E-state index in [1.807, 2.05) is 0 Å². The van der Waals surface area contributed by atoms with Gasteiger partial charge in [-0.15, -0.1) is 6.58 Å². The third kappa shape index (κ3) is 2.91. The van der Waals surface area contributed by atoms with Crippen LogP contribution < -0.4 is 4.74 Å². The Morgan fingerprint density at radius 3 is 3.18 bits per heavy atom. The monoisotopic (exact) mass is 189 g/mol. The molecule has 0 saturated carbocycles. The molecule has 0 bridgehead atoms. The Labute approximate surface area is 74.5 Å². The van der Waals surface area contributed by atoms with E-state index in [4.69, 9.17) is 16.3 Å². The number of nitrogens with zero attached hydrogens (tertiary/aromatic N) is 1. The van der Waals surface area contributed by atoms with Gasteiger partial charge in [0, 0.05) is 5.38 Å². The smallest absolute Gasteiger partial charge is 0.274 e. The lowest BCUT2D eigenvalue weighted by Gasteiger charge is -1.96. The summed E-state index contributed by atoms with van der Waals surface area (Å²) in [4.78, 5) is 3.91. The van der Waals surface area contributed by atoms with Crippen LogP contribution in [0.1, 0.15) is 6.42 Å². The molecular weight excluding hydrogens is 182 g/mol. The van der Waals surface area contributed by atoms with Crippen LogP contribution in [-0.2, 0) is 0 Å². The summed E-state index contributed by atoms with van der Waals surface area (Å²) in [5.41, 5.74) is 0. The lowest BCUT2D eigenvalue weighted by atomic mass is 10.5. The first-order valence-electron chi connectivity index (χ1n) is 3.17. The van der Waals surface area contributed by atoms with Crippen molar-refractivity contribution in [2.75, 3.05) is 6.61 Å². The highest BCUT2D eigenvalue weighted by atomic mass is 35.5. The molecule has 4 heteroatoms. The summed E-state index contributed by atoms with van der Waals surface area (Å²) < 4.78 is 5.22. The number of thiazole rings is 1. The zero-order valence-corrected chi connectivity index (χ0v) is 7.49. The maximum absolute atomic E-state index is 5.57. The Hall–Kier alpha value is -0.540. The van der Waals surface area contributed by atoms with Crippen molar-refractivity contribution >= 4 is 22.9 Å². The second-order valence-corrected chi connectivity index (χ2v) is 3.07. The third-order valence-electron chi connectivity index (χ3n) is 1.00. The van der Waals surface area contributed by atoms with Gasteiger partial charge < -0.3 is 4.74 Å². The molecule has 0 aromatic carbocycles. The fourth-order valence-corrected chi connectivity index (χ4v) is 1.35. The maximum Gasteiger partial charge on any atom is 0.274 e. The number of halogens is 1. The first-order chi connectivity index (χ1) is 5.33. The fraction of sp³-hybridized carbons (Fsp3) is 0.286. The number of aromatic nitrogens is 1. The van der Waals surface area contributed by atoms with Gasteiger partial charge in [-0.25, -0.2) is 0 Å². The Morgan fingerprint density at radius 2 is 2.64 bits per heavy atom. The number of ether oxygens (including phenoxy) is 1. The van der Waals surface area contributed by atoms with Crippen molar-refractivity contribution in [3.63, 3.8) is 0 Å². The molecule has 1 heterocycles. The highest BCUT2D eigenvalue weighted by Gasteiger charge is 1.98. The molecule has 0 atom stereocenters. The lowest BCUT2D eigenvalue weighted by Crippen LogP contribution is -1.94. The van der Waals surface area contributed by atoms with E-state index in [1.54, 1.807) is 11.5 Å². The second kappa shape index (κ2) is 4.36. The summed E-state index contributed by atoms with van der Waals surface area (Å²) in [6, 6.07) is 0. The van der Waals surface area contributed by atoms with Crippen LogP contribution in [0.2, 0.25) is 5.15 Å². The summed E-state index contributed by atoms with van der Waals surface area (Å²) in [6.45, 7) is 4.19. The van der Waals surface area contributed by atoms with Crippen LogP contribution in [0.15, 0.2) is 18.0 Å². The molecule has 0 fully saturated rings. The molecule has 1 rings (SSSR count). The molecule has 11 heavy (non-hydrogen) atoms. The van der Waals surface area contributed by atoms with Crippen molar-refractivity contribution in [3.05, 3.63) is 23.2 Å². The van der Waals surface area contributed by atoms with E-state index in [9.17, 15) is 0 Å². The van der Waals surface area contributed by atoms with Crippen LogP contribution in [0.5, 0.6) is 5.19 Å². The van der Waals surface area contributed by atoms with Gasteiger partial charge in [0.1, 0.15) is 5.15 Å². The quantitative estimate of drug-likeness (QED) is 0.537. The van der Waals surface area contributed by atoms with Crippen molar-refractivity contribution < 1.29 is 4.74 Å². The molecule has 0 spiro atoms. The van der Waals surface area contributed by atoms with Gasteiger partial charge in [-0.1, -0.05) is 29.0 Å². The second-order valence-electron chi connectivity index (χ2n) is 1.86. The largest absolute Gasteiger partial charge is 0.470 e. The predicted molar refractivity (Wildman–Crippen MR) is 47.4 cm³/mol. The van der Waals surface area contributed by atoms with Crippen LogP contribution in [0.25, 0.3) is 0 Å². The van der Waals surface area contributed by atoms with Crippen LogP contribution >= 0.6 is 22.9 Å². The minimum Gasteiger partial charge on any atom is -0.470 e. The van der Waals surface area contributed by atoms with Crippen molar-refractivity contribution in [1.82, 2.24) is 4.98 Å². The van der Waals surface area contributed by atoms with Crippen molar-refractivity contribution in [2.24, 2.45) is 0 Å². The molecule has 0 unspecified atom stereocenters. The van der Waals surface area contributed by atoms with E-state index < -0.39 is 0 Å². The molecule has 0 aliphatic heterocycles. The van der Waals surface area contributed by atoms with Gasteiger partial charge in [-0.3, -0.25) is 0 Å². The summed E-state index contributed by atoms with van der Waals surface area (Å²) in [5, 5.41) is 2.85. The summed E-state index contributed by atoms with van der Waals surface area (Å²) in [7, 11) is 0. The molecule has 60 valence electrons. The number of hydrogen-bond donors (Lipinski definition) is 0. The lowest BCUT2D eigenvalue weighted by molar-refractivity contribution is 0.323. The average Bonchev–Trinajstić information content (AvgIpc) is 2.37. The van der Waals surface area contributed by atoms with Crippen molar-refractivity contribution in [3.8, 4) is 5.19 Å². The van der Waals surface area contributed by atoms with E-state index >= 15 is 0 Å². The standard InChI is InChI=1S/C7H8ClNOS/c1-2-3-4-10-7-9-6(8)5-11-7/h2,5H,1,3-4H2. The molecular formula is C7H8ClNOS. The fourth-order valence-electron chi connectivity index (χ4n) is 0.535. The Balaban J connectivity index is 2.32. The predicted octanol–water partition coefficient (Wildman–Crippen LogP) is 2.75. The minimum atomic E-state index is 0.489. The summed E-state index contributed by atoms with van der Waals surface area (Å²) >= 11 is 6.97. The molecule has 0 amide bonds. The Bertz CT molecular complexity index is 236. The van der Waals surface area contributed by atoms with E-state index in [-0.39, 0.29) is 0 Å². The normalized spacial score (nSPS) is 9.55. The van der Waals surface area contributed by atoms with Crippen LogP contribution in [0.3, 0.4) is 0 Å². The summed E-state index contributed by atoms with van der Waals surface area (Å²) in [6.07, 6.45) is 2.63. The van der Waals surface area contributed by atoms with Gasteiger partial charge >= 0.3 is 0 Å². The molecule has 2 nitrogen and oxygen atoms in total. The van der Waals surface area contributed by atoms with E-state index in [0.717, 1.165) is 6.42 Å². The van der Waals surface area contributed by atoms with E-state index in [1.165, 1.54) is 11.3 Å². The first-order valence-corrected chi connectivity index (χ1v) is 4.43. The van der Waals surface area contributed by atoms with Gasteiger partial charge in [-0.2, -0.15) is 4.98 Å². The van der Waals surface area contributed by atoms with Gasteiger partial charge in [0.25, 0.3) is 5.19 Å². The first kappa shape index (κ1) is 8.56. The topological polar surface area (TPSA) is 22.1 Å². The molecule has 0 aliphatic rings. The molecule has 0 radical (unpaired) electrons. The highest BCUT2D eigenvalue weighted by molar-refractivity contribution is 7.11. The van der Waals surface area contributed by atoms with Gasteiger partial charge in [-0.05, 0) is 6.42 Å². The number of rotatable bonds is 4. The number of hydrogen-bond acceptors (Lipinski definition) is 3. The molecule has 1 aromatic heterocycles. The molecule has 0 N–H and O–H groups in total. The van der Waals surface area contributed by atoms with Crippen molar-refractivity contribution in [2.45, 2.75) is 6.42 Å².